The number of nitrogens with zero attached hydrogens (tertiary/aromatic N) is 5. The molecule has 5 rings (SSSR count). The largest absolute Gasteiger partial charge is 0.494 e. The topological polar surface area (TPSA) is 87.0 Å². The number of nitrogens with one attached hydrogen (secondary N) is 2. The SMILES string of the molecule is C=CC(=O)Nc1cc(Nc2cn3c(C4CC4)cnc3cn2)c(OC)cc1N1CCC(N(C)C)CC1. The fraction of sp³-hybridized carbons (Fsp3) is 0.423. The molecule has 3 heterocycles. The molecule has 0 radical (unpaired) electrons. The number of amides is 1. The second kappa shape index (κ2) is 9.58. The van der Waals surface area contributed by atoms with Crippen LogP contribution in [0.25, 0.3) is 5.65 Å². The third kappa shape index (κ3) is 4.81. The highest BCUT2D eigenvalue weighted by Crippen LogP contribution is 2.41. The van der Waals surface area contributed by atoms with Crippen LogP contribution in [0, 0.1) is 0 Å². The molecule has 1 amide bonds. The van der Waals surface area contributed by atoms with Crippen LogP contribution in [0.15, 0.2) is 43.4 Å². The minimum absolute atomic E-state index is 0.252. The first-order valence-corrected chi connectivity index (χ1v) is 12.1. The van der Waals surface area contributed by atoms with Gasteiger partial charge >= 0.3 is 0 Å². The normalized spacial score (nSPS) is 16.5. The van der Waals surface area contributed by atoms with Crippen LogP contribution < -0.4 is 20.3 Å². The maximum absolute atomic E-state index is 12.3. The molecule has 1 aliphatic heterocycles. The summed E-state index contributed by atoms with van der Waals surface area (Å²) in [6.45, 7) is 5.42. The third-order valence-electron chi connectivity index (χ3n) is 6.98. The number of imidazole rings is 1. The van der Waals surface area contributed by atoms with E-state index in [1.54, 1.807) is 13.3 Å². The summed E-state index contributed by atoms with van der Waals surface area (Å²) in [4.78, 5) is 25.9. The van der Waals surface area contributed by atoms with Crippen molar-refractivity contribution in [2.75, 3.05) is 49.8 Å². The average Bonchev–Trinajstić information content (AvgIpc) is 3.63. The van der Waals surface area contributed by atoms with Gasteiger partial charge in [0, 0.05) is 43.0 Å². The second-order valence-corrected chi connectivity index (χ2v) is 9.53. The Balaban J connectivity index is 1.47. The van der Waals surface area contributed by atoms with Gasteiger partial charge in [-0.3, -0.25) is 9.20 Å². The number of rotatable bonds is 8. The van der Waals surface area contributed by atoms with Crippen LogP contribution in [0.5, 0.6) is 5.75 Å². The first kappa shape index (κ1) is 23.2. The molecule has 1 aromatic carbocycles. The lowest BCUT2D eigenvalue weighted by atomic mass is 10.0. The summed E-state index contributed by atoms with van der Waals surface area (Å²) >= 11 is 0. The molecule has 2 fully saturated rings. The monoisotopic (exact) mass is 475 g/mol. The number of anilines is 4. The van der Waals surface area contributed by atoms with Gasteiger partial charge in [0.1, 0.15) is 11.6 Å². The van der Waals surface area contributed by atoms with E-state index in [0.29, 0.717) is 29.2 Å². The summed E-state index contributed by atoms with van der Waals surface area (Å²) in [6.07, 6.45) is 11.5. The maximum atomic E-state index is 12.3. The van der Waals surface area contributed by atoms with Gasteiger partial charge in [-0.2, -0.15) is 0 Å². The molecular weight excluding hydrogens is 442 g/mol. The first-order valence-electron chi connectivity index (χ1n) is 12.1. The highest BCUT2D eigenvalue weighted by Gasteiger charge is 2.27. The van der Waals surface area contributed by atoms with Crippen molar-refractivity contribution in [3.05, 3.63) is 49.1 Å². The number of benzene rings is 1. The van der Waals surface area contributed by atoms with E-state index in [1.165, 1.54) is 24.6 Å². The molecule has 184 valence electrons. The molecule has 0 atom stereocenters. The molecule has 2 aliphatic rings. The molecule has 1 saturated carbocycles. The van der Waals surface area contributed by atoms with Gasteiger partial charge in [-0.05, 0) is 51.9 Å². The Morgan fingerprint density at radius 3 is 2.57 bits per heavy atom. The molecule has 2 aromatic heterocycles. The van der Waals surface area contributed by atoms with Gasteiger partial charge in [0.05, 0.1) is 36.6 Å². The van der Waals surface area contributed by atoms with Gasteiger partial charge in [0.2, 0.25) is 5.91 Å². The lowest BCUT2D eigenvalue weighted by molar-refractivity contribution is -0.111. The zero-order chi connectivity index (χ0) is 24.5. The predicted molar refractivity (Wildman–Crippen MR) is 139 cm³/mol. The van der Waals surface area contributed by atoms with E-state index < -0.39 is 0 Å². The average molecular weight is 476 g/mol. The van der Waals surface area contributed by atoms with Crippen molar-refractivity contribution in [2.24, 2.45) is 0 Å². The molecule has 1 aliphatic carbocycles. The Morgan fingerprint density at radius 1 is 1.14 bits per heavy atom. The van der Waals surface area contributed by atoms with Crippen molar-refractivity contribution in [3.63, 3.8) is 0 Å². The van der Waals surface area contributed by atoms with Gasteiger partial charge in [-0.1, -0.05) is 6.58 Å². The number of fused-ring (bicyclic) bond motifs is 1. The number of methoxy groups -OCH3 is 1. The summed E-state index contributed by atoms with van der Waals surface area (Å²) in [5.74, 6) is 1.68. The molecular formula is C26H33N7O2. The zero-order valence-corrected chi connectivity index (χ0v) is 20.6. The molecule has 9 heteroatoms. The number of hydrogen-bond donors (Lipinski definition) is 2. The number of carbonyl (C=O) groups is 1. The van der Waals surface area contributed by atoms with E-state index in [4.69, 9.17) is 4.74 Å². The van der Waals surface area contributed by atoms with Crippen molar-refractivity contribution in [3.8, 4) is 5.75 Å². The predicted octanol–water partition coefficient (Wildman–Crippen LogP) is 4.01. The van der Waals surface area contributed by atoms with Gasteiger partial charge in [-0.15, -0.1) is 0 Å². The van der Waals surface area contributed by atoms with E-state index in [2.05, 4.69) is 55.5 Å². The minimum Gasteiger partial charge on any atom is -0.494 e. The molecule has 0 unspecified atom stereocenters. The molecule has 0 spiro atoms. The Labute approximate surface area is 205 Å². The number of ether oxygens (including phenoxy) is 1. The van der Waals surface area contributed by atoms with Gasteiger partial charge in [0.15, 0.2) is 5.65 Å². The van der Waals surface area contributed by atoms with E-state index in [0.717, 1.165) is 43.0 Å². The van der Waals surface area contributed by atoms with E-state index in [1.807, 2.05) is 24.5 Å². The fourth-order valence-electron chi connectivity index (χ4n) is 4.80. The van der Waals surface area contributed by atoms with Crippen molar-refractivity contribution < 1.29 is 9.53 Å². The highest BCUT2D eigenvalue weighted by molar-refractivity contribution is 6.02. The summed E-state index contributed by atoms with van der Waals surface area (Å²) in [5.41, 5.74) is 4.42. The zero-order valence-electron chi connectivity index (χ0n) is 20.6. The molecule has 0 bridgehead atoms. The molecule has 35 heavy (non-hydrogen) atoms. The molecule has 2 N–H and O–H groups in total. The van der Waals surface area contributed by atoms with Gasteiger partial charge < -0.3 is 25.2 Å². The van der Waals surface area contributed by atoms with Crippen LogP contribution in [0.2, 0.25) is 0 Å². The standard InChI is InChI=1S/C26H33N7O2/c1-5-26(34)30-19-12-20(23(35-4)13-21(19)32-10-8-18(9-11-32)31(2)3)29-24-16-33-22(17-6-7-17)14-28-25(33)15-27-24/h5,12-18,29H,1,6-11H2,2-4H3,(H,30,34). The van der Waals surface area contributed by atoms with Crippen molar-refractivity contribution in [1.82, 2.24) is 19.3 Å². The molecule has 1 saturated heterocycles. The number of hydrogen-bond acceptors (Lipinski definition) is 7. The maximum Gasteiger partial charge on any atom is 0.247 e. The van der Waals surface area contributed by atoms with Crippen LogP contribution in [-0.2, 0) is 4.79 Å². The quantitative estimate of drug-likeness (QED) is 0.476. The summed E-state index contributed by atoms with van der Waals surface area (Å²) in [7, 11) is 5.91. The Hall–Kier alpha value is -3.59. The Kier molecular flexibility index (Phi) is 6.34. The second-order valence-electron chi connectivity index (χ2n) is 9.53. The fourth-order valence-corrected chi connectivity index (χ4v) is 4.80. The van der Waals surface area contributed by atoms with Crippen LogP contribution in [0.1, 0.15) is 37.3 Å². The van der Waals surface area contributed by atoms with E-state index in [-0.39, 0.29) is 5.91 Å². The molecule has 3 aromatic rings. The third-order valence-corrected chi connectivity index (χ3v) is 6.98. The minimum atomic E-state index is -0.252. The van der Waals surface area contributed by atoms with Crippen LogP contribution in [0.4, 0.5) is 22.9 Å². The lowest BCUT2D eigenvalue weighted by Crippen LogP contribution is -2.42. The smallest absolute Gasteiger partial charge is 0.247 e. The summed E-state index contributed by atoms with van der Waals surface area (Å²) < 4.78 is 7.86. The lowest BCUT2D eigenvalue weighted by Gasteiger charge is -2.37. The van der Waals surface area contributed by atoms with Gasteiger partial charge in [-0.25, -0.2) is 9.97 Å². The first-order chi connectivity index (χ1) is 17.0. The van der Waals surface area contributed by atoms with E-state index >= 15 is 0 Å². The van der Waals surface area contributed by atoms with Gasteiger partial charge in [0.25, 0.3) is 0 Å². The van der Waals surface area contributed by atoms with Crippen molar-refractivity contribution in [2.45, 2.75) is 37.6 Å². The van der Waals surface area contributed by atoms with Crippen molar-refractivity contribution >= 4 is 34.4 Å². The van der Waals surface area contributed by atoms with E-state index in [9.17, 15) is 4.79 Å². The number of carbonyl (C=O) groups excluding carboxylic acids is 1. The van der Waals surface area contributed by atoms with Crippen LogP contribution >= 0.6 is 0 Å². The summed E-state index contributed by atoms with van der Waals surface area (Å²) in [6, 6.07) is 4.46. The number of aromatic nitrogens is 3. The van der Waals surface area contributed by atoms with Crippen LogP contribution in [-0.4, -0.2) is 65.5 Å². The number of piperidine rings is 1. The van der Waals surface area contributed by atoms with Crippen molar-refractivity contribution in [1.29, 1.82) is 0 Å². The highest BCUT2D eigenvalue weighted by atomic mass is 16.5. The summed E-state index contributed by atoms with van der Waals surface area (Å²) in [5, 5.41) is 6.38. The molecule has 9 nitrogen and oxygen atoms in total. The Morgan fingerprint density at radius 2 is 1.91 bits per heavy atom. The van der Waals surface area contributed by atoms with Crippen LogP contribution in [0.3, 0.4) is 0 Å². The Bertz CT molecular complexity index is 1240.